The van der Waals surface area contributed by atoms with Crippen LogP contribution in [0, 0.1) is 11.3 Å². The van der Waals surface area contributed by atoms with Crippen molar-refractivity contribution >= 4 is 11.9 Å². The zero-order chi connectivity index (χ0) is 14.1. The zero-order valence-electron chi connectivity index (χ0n) is 11.9. The van der Waals surface area contributed by atoms with Crippen LogP contribution in [-0.4, -0.2) is 35.0 Å². The number of carboxylic acids is 1. The lowest BCUT2D eigenvalue weighted by Crippen LogP contribution is -2.32. The van der Waals surface area contributed by atoms with Crippen LogP contribution in [0.3, 0.4) is 0 Å². The van der Waals surface area contributed by atoms with Gasteiger partial charge < -0.3 is 10.0 Å². The van der Waals surface area contributed by atoms with Crippen LogP contribution in [-0.2, 0) is 9.59 Å². The predicted molar refractivity (Wildman–Crippen MR) is 70.2 cm³/mol. The Bertz CT molecular complexity index is 390. The summed E-state index contributed by atoms with van der Waals surface area (Å²) in [7, 11) is 0. The topological polar surface area (TPSA) is 57.6 Å². The summed E-state index contributed by atoms with van der Waals surface area (Å²) < 4.78 is 0. The van der Waals surface area contributed by atoms with Crippen molar-refractivity contribution in [2.24, 2.45) is 11.3 Å². The highest BCUT2D eigenvalue weighted by Gasteiger charge is 2.34. The first kappa shape index (κ1) is 14.7. The van der Waals surface area contributed by atoms with E-state index in [1.807, 2.05) is 0 Å². The molecular weight excluding hydrogens is 230 g/mol. The van der Waals surface area contributed by atoms with E-state index in [9.17, 15) is 9.59 Å². The molecule has 0 aromatic carbocycles. The summed E-state index contributed by atoms with van der Waals surface area (Å²) in [5, 5.41) is 8.90. The minimum Gasteiger partial charge on any atom is -0.478 e. The van der Waals surface area contributed by atoms with Gasteiger partial charge in [0.25, 0.3) is 0 Å². The Morgan fingerprint density at radius 3 is 2.11 bits per heavy atom. The maximum Gasteiger partial charge on any atom is 0.331 e. The molecule has 0 saturated carbocycles. The number of carboxylic acid groups (broad SMARTS) is 1. The summed E-state index contributed by atoms with van der Waals surface area (Å²) in [6.45, 7) is 11.1. The zero-order valence-corrected chi connectivity index (χ0v) is 11.9. The molecule has 4 nitrogen and oxygen atoms in total. The number of carbonyl (C=O) groups excluding carboxylic acids is 1. The van der Waals surface area contributed by atoms with Crippen molar-refractivity contribution in [3.05, 3.63) is 11.1 Å². The summed E-state index contributed by atoms with van der Waals surface area (Å²) in [6, 6.07) is 0. The number of amides is 1. The average molecular weight is 253 g/mol. The normalized spacial score (nSPS) is 21.8. The number of hydrogen-bond donors (Lipinski definition) is 1. The van der Waals surface area contributed by atoms with Gasteiger partial charge in [0.15, 0.2) is 0 Å². The number of hydrogen-bond acceptors (Lipinski definition) is 2. The van der Waals surface area contributed by atoms with Gasteiger partial charge in [0.05, 0.1) is 0 Å². The van der Waals surface area contributed by atoms with Crippen LogP contribution in [0.25, 0.3) is 0 Å². The quantitative estimate of drug-likeness (QED) is 0.768. The van der Waals surface area contributed by atoms with Crippen LogP contribution in [0.15, 0.2) is 11.1 Å². The van der Waals surface area contributed by atoms with Crippen LogP contribution in [0.5, 0.6) is 0 Å². The summed E-state index contributed by atoms with van der Waals surface area (Å²) in [5.74, 6) is -0.673. The maximum absolute atomic E-state index is 12.2. The third-order valence-electron chi connectivity index (χ3n) is 3.90. The lowest BCUT2D eigenvalue weighted by Gasteiger charge is -2.27. The summed E-state index contributed by atoms with van der Waals surface area (Å²) in [4.78, 5) is 24.8. The van der Waals surface area contributed by atoms with Gasteiger partial charge in [0.1, 0.15) is 0 Å². The third kappa shape index (κ3) is 3.12. The highest BCUT2D eigenvalue weighted by Crippen LogP contribution is 2.34. The molecule has 1 unspecified atom stereocenters. The van der Waals surface area contributed by atoms with Gasteiger partial charge in [0.2, 0.25) is 5.91 Å². The SMILES string of the molecule is CC(C(=O)O)=C(C)C(=O)N1CCC(C(C)(C)C)C1. The van der Waals surface area contributed by atoms with E-state index < -0.39 is 5.97 Å². The predicted octanol–water partition coefficient (Wildman–Crippen LogP) is 2.30. The van der Waals surface area contributed by atoms with E-state index in [4.69, 9.17) is 5.11 Å². The monoisotopic (exact) mass is 253 g/mol. The Balaban J connectivity index is 2.78. The molecule has 0 aromatic rings. The van der Waals surface area contributed by atoms with E-state index >= 15 is 0 Å². The minimum atomic E-state index is -1.02. The molecule has 0 aliphatic carbocycles. The molecule has 1 rings (SSSR count). The maximum atomic E-state index is 12.2. The fourth-order valence-electron chi connectivity index (χ4n) is 2.21. The molecule has 102 valence electrons. The molecule has 1 fully saturated rings. The van der Waals surface area contributed by atoms with Crippen molar-refractivity contribution in [2.75, 3.05) is 13.1 Å². The van der Waals surface area contributed by atoms with Gasteiger partial charge in [-0.1, -0.05) is 20.8 Å². The first-order chi connectivity index (χ1) is 8.14. The summed E-state index contributed by atoms with van der Waals surface area (Å²) >= 11 is 0. The lowest BCUT2D eigenvalue weighted by molar-refractivity contribution is -0.133. The highest BCUT2D eigenvalue weighted by atomic mass is 16.4. The molecule has 4 heteroatoms. The molecule has 0 bridgehead atoms. The number of carbonyl (C=O) groups is 2. The van der Waals surface area contributed by atoms with E-state index in [0.717, 1.165) is 19.5 Å². The summed E-state index contributed by atoms with van der Waals surface area (Å²) in [5.41, 5.74) is 0.672. The largest absolute Gasteiger partial charge is 0.478 e. The molecule has 1 amide bonds. The first-order valence-corrected chi connectivity index (χ1v) is 6.34. The van der Waals surface area contributed by atoms with Gasteiger partial charge in [-0.3, -0.25) is 4.79 Å². The van der Waals surface area contributed by atoms with Crippen LogP contribution in [0.1, 0.15) is 41.0 Å². The van der Waals surface area contributed by atoms with Gasteiger partial charge in [-0.25, -0.2) is 4.79 Å². The van der Waals surface area contributed by atoms with Crippen molar-refractivity contribution < 1.29 is 14.7 Å². The Morgan fingerprint density at radius 2 is 1.72 bits per heavy atom. The van der Waals surface area contributed by atoms with Crippen LogP contribution >= 0.6 is 0 Å². The Kier molecular flexibility index (Phi) is 4.20. The molecule has 1 saturated heterocycles. The molecule has 0 spiro atoms. The van der Waals surface area contributed by atoms with Gasteiger partial charge in [0, 0.05) is 24.2 Å². The third-order valence-corrected chi connectivity index (χ3v) is 3.90. The number of rotatable bonds is 2. The second-order valence-corrected chi connectivity index (χ2v) is 6.16. The standard InChI is InChI=1S/C14H23NO3/c1-9(10(2)13(17)18)12(16)15-7-6-11(8-15)14(3,4)5/h11H,6-8H2,1-5H3,(H,17,18). The van der Waals surface area contributed by atoms with E-state index in [0.29, 0.717) is 11.5 Å². The molecule has 18 heavy (non-hydrogen) atoms. The van der Waals surface area contributed by atoms with Crippen molar-refractivity contribution in [1.82, 2.24) is 4.90 Å². The fraction of sp³-hybridized carbons (Fsp3) is 0.714. The van der Waals surface area contributed by atoms with Gasteiger partial charge in [-0.05, 0) is 31.6 Å². The summed E-state index contributed by atoms with van der Waals surface area (Å²) in [6.07, 6.45) is 0.995. The molecular formula is C14H23NO3. The smallest absolute Gasteiger partial charge is 0.331 e. The van der Waals surface area contributed by atoms with Crippen LogP contribution in [0.4, 0.5) is 0 Å². The van der Waals surface area contributed by atoms with Gasteiger partial charge >= 0.3 is 5.97 Å². The molecule has 1 aliphatic rings. The molecule has 0 aromatic heterocycles. The second kappa shape index (κ2) is 5.12. The molecule has 1 heterocycles. The molecule has 1 N–H and O–H groups in total. The van der Waals surface area contributed by atoms with Crippen LogP contribution in [0.2, 0.25) is 0 Å². The first-order valence-electron chi connectivity index (χ1n) is 6.34. The van der Waals surface area contributed by atoms with Crippen molar-refractivity contribution in [3.8, 4) is 0 Å². The highest BCUT2D eigenvalue weighted by molar-refractivity contribution is 6.01. The van der Waals surface area contributed by atoms with E-state index in [2.05, 4.69) is 20.8 Å². The van der Waals surface area contributed by atoms with Crippen molar-refractivity contribution in [3.63, 3.8) is 0 Å². The Morgan fingerprint density at radius 1 is 1.17 bits per heavy atom. The fourth-order valence-corrected chi connectivity index (χ4v) is 2.21. The van der Waals surface area contributed by atoms with Crippen molar-refractivity contribution in [1.29, 1.82) is 0 Å². The molecule has 1 atom stereocenters. The van der Waals surface area contributed by atoms with E-state index in [1.165, 1.54) is 6.92 Å². The van der Waals surface area contributed by atoms with E-state index in [1.54, 1.807) is 11.8 Å². The average Bonchev–Trinajstić information content (AvgIpc) is 2.74. The molecule has 0 radical (unpaired) electrons. The van der Waals surface area contributed by atoms with Crippen LogP contribution < -0.4 is 0 Å². The second-order valence-electron chi connectivity index (χ2n) is 6.16. The Labute approximate surface area is 109 Å². The van der Waals surface area contributed by atoms with Gasteiger partial charge in [-0.2, -0.15) is 0 Å². The van der Waals surface area contributed by atoms with E-state index in [-0.39, 0.29) is 16.9 Å². The number of aliphatic carboxylic acids is 1. The van der Waals surface area contributed by atoms with Gasteiger partial charge in [-0.15, -0.1) is 0 Å². The number of nitrogens with zero attached hydrogens (tertiary/aromatic N) is 1. The Hall–Kier alpha value is -1.32. The lowest BCUT2D eigenvalue weighted by atomic mass is 9.80. The van der Waals surface area contributed by atoms with Crippen molar-refractivity contribution in [2.45, 2.75) is 41.0 Å². The number of likely N-dealkylation sites (tertiary alicyclic amines) is 1. The molecule has 1 aliphatic heterocycles. The minimum absolute atomic E-state index is 0.137.